The van der Waals surface area contributed by atoms with Crippen molar-refractivity contribution in [1.82, 2.24) is 5.32 Å². The van der Waals surface area contributed by atoms with Crippen LogP contribution in [0.5, 0.6) is 11.5 Å². The van der Waals surface area contributed by atoms with Gasteiger partial charge in [0, 0.05) is 17.7 Å². The first-order chi connectivity index (χ1) is 10.2. The highest BCUT2D eigenvalue weighted by Gasteiger charge is 2.34. The molecule has 1 aromatic rings. The van der Waals surface area contributed by atoms with Gasteiger partial charge in [-0.15, -0.1) is 0 Å². The highest BCUT2D eigenvalue weighted by Crippen LogP contribution is 2.41. The van der Waals surface area contributed by atoms with Crippen molar-refractivity contribution in [3.63, 3.8) is 0 Å². The number of likely N-dealkylation sites (N-methyl/N-ethyl adjacent to an activating group) is 1. The zero-order valence-electron chi connectivity index (χ0n) is 12.5. The summed E-state index contributed by atoms with van der Waals surface area (Å²) in [7, 11) is 0. The van der Waals surface area contributed by atoms with Gasteiger partial charge in [0.2, 0.25) is 0 Å². The molecule has 0 bridgehead atoms. The van der Waals surface area contributed by atoms with E-state index in [1.807, 2.05) is 12.1 Å². The molecule has 2 aliphatic heterocycles. The molecule has 0 aromatic heterocycles. The minimum atomic E-state index is 0.0795. The molecule has 1 aromatic carbocycles. The van der Waals surface area contributed by atoms with Gasteiger partial charge < -0.3 is 19.5 Å². The van der Waals surface area contributed by atoms with Crippen molar-refractivity contribution in [2.75, 3.05) is 26.4 Å². The Morgan fingerprint density at radius 1 is 1.24 bits per heavy atom. The summed E-state index contributed by atoms with van der Waals surface area (Å²) in [5.41, 5.74) is 1.03. The first-order valence-electron chi connectivity index (χ1n) is 7.64. The molecule has 1 fully saturated rings. The number of ether oxygens (including phenoxy) is 3. The van der Waals surface area contributed by atoms with Crippen molar-refractivity contribution in [2.24, 2.45) is 5.92 Å². The lowest BCUT2D eigenvalue weighted by Gasteiger charge is -2.29. The smallest absolute Gasteiger partial charge is 0.162 e. The van der Waals surface area contributed by atoms with Crippen molar-refractivity contribution >= 4 is 11.6 Å². The molecule has 5 heteroatoms. The number of rotatable bonds is 4. The van der Waals surface area contributed by atoms with Gasteiger partial charge in [0.15, 0.2) is 11.5 Å². The van der Waals surface area contributed by atoms with Gasteiger partial charge >= 0.3 is 0 Å². The maximum Gasteiger partial charge on any atom is 0.162 e. The maximum atomic E-state index is 6.49. The average molecular weight is 312 g/mol. The zero-order chi connectivity index (χ0) is 14.8. The summed E-state index contributed by atoms with van der Waals surface area (Å²) in [6.45, 7) is 7.16. The monoisotopic (exact) mass is 311 g/mol. The topological polar surface area (TPSA) is 39.7 Å². The number of fused-ring (bicyclic) bond motifs is 1. The van der Waals surface area contributed by atoms with Crippen molar-refractivity contribution < 1.29 is 14.2 Å². The minimum Gasteiger partial charge on any atom is -0.486 e. The van der Waals surface area contributed by atoms with E-state index >= 15 is 0 Å². The minimum absolute atomic E-state index is 0.0795. The Labute approximate surface area is 130 Å². The van der Waals surface area contributed by atoms with Crippen LogP contribution in [-0.2, 0) is 4.74 Å². The van der Waals surface area contributed by atoms with E-state index in [9.17, 15) is 0 Å². The molecule has 116 valence electrons. The van der Waals surface area contributed by atoms with Crippen LogP contribution in [0.1, 0.15) is 31.9 Å². The van der Waals surface area contributed by atoms with Crippen LogP contribution in [0.15, 0.2) is 12.1 Å². The van der Waals surface area contributed by atoms with Gasteiger partial charge in [0.1, 0.15) is 13.2 Å². The lowest BCUT2D eigenvalue weighted by atomic mass is 9.92. The van der Waals surface area contributed by atoms with E-state index in [0.29, 0.717) is 24.2 Å². The van der Waals surface area contributed by atoms with Gasteiger partial charge in [-0.05, 0) is 30.5 Å². The van der Waals surface area contributed by atoms with Crippen LogP contribution >= 0.6 is 11.6 Å². The standard InChI is InChI=1S/C16H22ClNO3/c1-3-18-15(16-10(2)4-5-21-16)11-8-13-14(9-12(11)17)20-7-6-19-13/h8-10,15-16,18H,3-7H2,1-2H3. The van der Waals surface area contributed by atoms with Crippen molar-refractivity contribution in [3.8, 4) is 11.5 Å². The highest BCUT2D eigenvalue weighted by atomic mass is 35.5. The quantitative estimate of drug-likeness (QED) is 0.927. The van der Waals surface area contributed by atoms with Gasteiger partial charge in [-0.3, -0.25) is 0 Å². The Bertz CT molecular complexity index is 509. The summed E-state index contributed by atoms with van der Waals surface area (Å²) in [5, 5.41) is 4.21. The van der Waals surface area contributed by atoms with Crippen LogP contribution in [-0.4, -0.2) is 32.5 Å². The third-order valence-electron chi connectivity index (χ3n) is 4.19. The zero-order valence-corrected chi connectivity index (χ0v) is 13.3. The summed E-state index contributed by atoms with van der Waals surface area (Å²) >= 11 is 6.49. The van der Waals surface area contributed by atoms with Crippen LogP contribution < -0.4 is 14.8 Å². The molecule has 0 saturated carbocycles. The van der Waals surface area contributed by atoms with E-state index < -0.39 is 0 Å². The molecule has 0 radical (unpaired) electrons. The van der Waals surface area contributed by atoms with Crippen LogP contribution in [0.2, 0.25) is 5.02 Å². The molecule has 3 unspecified atom stereocenters. The number of halogens is 1. The molecule has 0 spiro atoms. The lowest BCUT2D eigenvalue weighted by Crippen LogP contribution is -2.35. The molecule has 4 nitrogen and oxygen atoms in total. The third kappa shape index (κ3) is 2.98. The Kier molecular flexibility index (Phi) is 4.57. The molecule has 21 heavy (non-hydrogen) atoms. The van der Waals surface area contributed by atoms with E-state index in [1.54, 1.807) is 0 Å². The summed E-state index contributed by atoms with van der Waals surface area (Å²) in [4.78, 5) is 0. The molecule has 3 atom stereocenters. The van der Waals surface area contributed by atoms with Crippen LogP contribution in [0, 0.1) is 5.92 Å². The van der Waals surface area contributed by atoms with Crippen LogP contribution in [0.4, 0.5) is 0 Å². The number of nitrogens with one attached hydrogen (secondary N) is 1. The summed E-state index contributed by atoms with van der Waals surface area (Å²) in [5.74, 6) is 2.01. The molecule has 0 aliphatic carbocycles. The lowest BCUT2D eigenvalue weighted by molar-refractivity contribution is 0.0610. The van der Waals surface area contributed by atoms with E-state index in [-0.39, 0.29) is 12.1 Å². The SMILES string of the molecule is CCNC(c1cc2c(cc1Cl)OCCO2)C1OCCC1C. The van der Waals surface area contributed by atoms with Crippen LogP contribution in [0.3, 0.4) is 0 Å². The number of hydrogen-bond donors (Lipinski definition) is 1. The maximum absolute atomic E-state index is 6.49. The predicted molar refractivity (Wildman–Crippen MR) is 82.4 cm³/mol. The second-order valence-electron chi connectivity index (χ2n) is 5.65. The van der Waals surface area contributed by atoms with E-state index in [4.69, 9.17) is 25.8 Å². The molecular formula is C16H22ClNO3. The number of hydrogen-bond acceptors (Lipinski definition) is 4. The van der Waals surface area contributed by atoms with Crippen molar-refractivity contribution in [1.29, 1.82) is 0 Å². The largest absolute Gasteiger partial charge is 0.486 e. The summed E-state index contributed by atoms with van der Waals surface area (Å²) < 4.78 is 17.2. The fraction of sp³-hybridized carbons (Fsp3) is 0.625. The van der Waals surface area contributed by atoms with Gasteiger partial charge in [-0.1, -0.05) is 25.4 Å². The summed E-state index contributed by atoms with van der Waals surface area (Å²) in [6, 6.07) is 3.93. The van der Waals surface area contributed by atoms with Gasteiger partial charge in [-0.2, -0.15) is 0 Å². The second-order valence-corrected chi connectivity index (χ2v) is 6.06. The van der Waals surface area contributed by atoms with Gasteiger partial charge in [0.05, 0.1) is 12.1 Å². The van der Waals surface area contributed by atoms with E-state index in [2.05, 4.69) is 19.2 Å². The van der Waals surface area contributed by atoms with Gasteiger partial charge in [0.25, 0.3) is 0 Å². The fourth-order valence-corrected chi connectivity index (χ4v) is 3.36. The van der Waals surface area contributed by atoms with E-state index in [1.165, 1.54) is 0 Å². The highest BCUT2D eigenvalue weighted by molar-refractivity contribution is 6.31. The Morgan fingerprint density at radius 3 is 2.57 bits per heavy atom. The summed E-state index contributed by atoms with van der Waals surface area (Å²) in [6.07, 6.45) is 1.24. The van der Waals surface area contributed by atoms with Crippen molar-refractivity contribution in [2.45, 2.75) is 32.4 Å². The number of benzene rings is 1. The molecule has 2 heterocycles. The first kappa shape index (κ1) is 14.9. The predicted octanol–water partition coefficient (Wildman–Crippen LogP) is 3.19. The van der Waals surface area contributed by atoms with Crippen LogP contribution in [0.25, 0.3) is 0 Å². The molecule has 1 N–H and O–H groups in total. The van der Waals surface area contributed by atoms with Gasteiger partial charge in [-0.25, -0.2) is 0 Å². The third-order valence-corrected chi connectivity index (χ3v) is 4.52. The normalized spacial score (nSPS) is 25.9. The molecule has 2 aliphatic rings. The first-order valence-corrected chi connectivity index (χ1v) is 8.02. The molecular weight excluding hydrogens is 290 g/mol. The molecule has 0 amide bonds. The fourth-order valence-electron chi connectivity index (χ4n) is 3.08. The van der Waals surface area contributed by atoms with E-state index in [0.717, 1.165) is 36.6 Å². The Balaban J connectivity index is 1.94. The van der Waals surface area contributed by atoms with Crippen molar-refractivity contribution in [3.05, 3.63) is 22.7 Å². The second kappa shape index (κ2) is 6.42. The Morgan fingerprint density at radius 2 is 1.95 bits per heavy atom. The molecule has 3 rings (SSSR count). The Hall–Kier alpha value is -0.970. The average Bonchev–Trinajstić information content (AvgIpc) is 2.90. The molecule has 1 saturated heterocycles.